The van der Waals surface area contributed by atoms with Crippen molar-refractivity contribution in [2.45, 2.75) is 12.1 Å². The molecule has 0 radical (unpaired) electrons. The molecule has 0 aliphatic heterocycles. The van der Waals surface area contributed by atoms with Gasteiger partial charge in [-0.15, -0.1) is 0 Å². The normalized spacial score (nSPS) is 10.7. The zero-order valence-electron chi connectivity index (χ0n) is 14.0. The molecule has 3 rings (SSSR count). The first-order valence-corrected chi connectivity index (χ1v) is 9.11. The minimum absolute atomic E-state index is 0.123. The highest BCUT2D eigenvalue weighted by atomic mass is 32.2. The summed E-state index contributed by atoms with van der Waals surface area (Å²) in [5, 5.41) is 0.857. The number of aromatic nitrogens is 2. The molecular weight excluding hydrogens is 337 g/mol. The highest BCUT2D eigenvalue weighted by Gasteiger charge is 2.17. The smallest absolute Gasteiger partial charge is 0.258 e. The molecule has 0 saturated carbocycles. The van der Waals surface area contributed by atoms with Crippen molar-refractivity contribution in [1.82, 2.24) is 9.55 Å². The van der Waals surface area contributed by atoms with Gasteiger partial charge < -0.3 is 4.90 Å². The van der Waals surface area contributed by atoms with Crippen LogP contribution >= 0.6 is 11.8 Å². The second-order valence-corrected chi connectivity index (χ2v) is 6.13. The standard InChI is InChI=1S/C19H18FN3OS/c1-3-22(16-9-7-15(20)8-10-16)18(24)14-5-4-6-17(13-14)23-12-11-21-19(23)25-2/h4-13H,3H2,1-2H3. The van der Waals surface area contributed by atoms with Crippen molar-refractivity contribution in [3.63, 3.8) is 0 Å². The number of rotatable bonds is 5. The molecule has 0 N–H and O–H groups in total. The summed E-state index contributed by atoms with van der Waals surface area (Å²) in [5.41, 5.74) is 2.12. The molecule has 128 valence electrons. The van der Waals surface area contributed by atoms with Crippen LogP contribution in [0.1, 0.15) is 17.3 Å². The summed E-state index contributed by atoms with van der Waals surface area (Å²) in [5.74, 6) is -0.444. The van der Waals surface area contributed by atoms with Crippen molar-refractivity contribution < 1.29 is 9.18 Å². The molecule has 1 amide bonds. The second-order valence-electron chi connectivity index (χ2n) is 5.36. The number of hydrogen-bond acceptors (Lipinski definition) is 3. The van der Waals surface area contributed by atoms with Gasteiger partial charge in [-0.05, 0) is 55.6 Å². The van der Waals surface area contributed by atoms with Crippen molar-refractivity contribution >= 4 is 23.4 Å². The molecule has 6 heteroatoms. The van der Waals surface area contributed by atoms with Gasteiger partial charge in [0.2, 0.25) is 0 Å². The predicted octanol–water partition coefficient (Wildman–Crippen LogP) is 4.40. The molecule has 0 saturated heterocycles. The predicted molar refractivity (Wildman–Crippen MR) is 99.1 cm³/mol. The van der Waals surface area contributed by atoms with Gasteiger partial charge in [0.15, 0.2) is 5.16 Å². The highest BCUT2D eigenvalue weighted by molar-refractivity contribution is 7.98. The number of hydrogen-bond donors (Lipinski definition) is 0. The fourth-order valence-corrected chi connectivity index (χ4v) is 3.18. The van der Waals surface area contributed by atoms with Gasteiger partial charge in [0, 0.05) is 35.9 Å². The molecule has 0 aliphatic rings. The average Bonchev–Trinajstić information content (AvgIpc) is 3.12. The van der Waals surface area contributed by atoms with Crippen LogP contribution in [0.5, 0.6) is 0 Å². The summed E-state index contributed by atoms with van der Waals surface area (Å²) >= 11 is 1.54. The van der Waals surface area contributed by atoms with Crippen LogP contribution in [-0.2, 0) is 0 Å². The van der Waals surface area contributed by atoms with E-state index in [1.54, 1.807) is 41.1 Å². The van der Waals surface area contributed by atoms with Crippen molar-refractivity contribution in [1.29, 1.82) is 0 Å². The van der Waals surface area contributed by atoms with E-state index in [9.17, 15) is 9.18 Å². The molecule has 2 aromatic carbocycles. The lowest BCUT2D eigenvalue weighted by Crippen LogP contribution is -2.30. The van der Waals surface area contributed by atoms with E-state index in [-0.39, 0.29) is 11.7 Å². The lowest BCUT2D eigenvalue weighted by Gasteiger charge is -2.21. The number of carbonyl (C=O) groups is 1. The summed E-state index contributed by atoms with van der Waals surface area (Å²) in [6, 6.07) is 13.4. The number of carbonyl (C=O) groups excluding carboxylic acids is 1. The van der Waals surface area contributed by atoms with E-state index in [1.165, 1.54) is 12.1 Å². The maximum Gasteiger partial charge on any atom is 0.258 e. The Labute approximate surface area is 150 Å². The molecule has 0 aliphatic carbocycles. The third-order valence-corrected chi connectivity index (χ3v) is 4.53. The van der Waals surface area contributed by atoms with E-state index in [0.717, 1.165) is 10.8 Å². The van der Waals surface area contributed by atoms with Crippen LogP contribution in [0, 0.1) is 5.82 Å². The average molecular weight is 355 g/mol. The number of imidazole rings is 1. The van der Waals surface area contributed by atoms with Crippen LogP contribution in [0.3, 0.4) is 0 Å². The molecule has 0 unspecified atom stereocenters. The van der Waals surface area contributed by atoms with Gasteiger partial charge in [0.1, 0.15) is 5.82 Å². The Morgan fingerprint density at radius 1 is 1.24 bits per heavy atom. The van der Waals surface area contributed by atoms with Gasteiger partial charge in [-0.3, -0.25) is 9.36 Å². The molecular formula is C19H18FN3OS. The quantitative estimate of drug-likeness (QED) is 0.637. The molecule has 0 fully saturated rings. The number of nitrogens with zero attached hydrogens (tertiary/aromatic N) is 3. The van der Waals surface area contributed by atoms with Crippen LogP contribution in [0.2, 0.25) is 0 Å². The lowest BCUT2D eigenvalue weighted by atomic mass is 10.1. The Morgan fingerprint density at radius 3 is 2.68 bits per heavy atom. The van der Waals surface area contributed by atoms with Crippen molar-refractivity contribution in [3.8, 4) is 5.69 Å². The van der Waals surface area contributed by atoms with Gasteiger partial charge in [0.05, 0.1) is 0 Å². The van der Waals surface area contributed by atoms with E-state index in [4.69, 9.17) is 0 Å². The van der Waals surface area contributed by atoms with E-state index < -0.39 is 0 Å². The summed E-state index contributed by atoms with van der Waals surface area (Å²) < 4.78 is 15.1. The van der Waals surface area contributed by atoms with Gasteiger partial charge in [-0.1, -0.05) is 17.8 Å². The summed E-state index contributed by atoms with van der Waals surface area (Å²) in [6.45, 7) is 2.39. The Bertz CT molecular complexity index is 876. The largest absolute Gasteiger partial charge is 0.309 e. The van der Waals surface area contributed by atoms with Gasteiger partial charge in [0.25, 0.3) is 5.91 Å². The fourth-order valence-electron chi connectivity index (χ4n) is 2.65. The number of amides is 1. The molecule has 0 bridgehead atoms. The third kappa shape index (κ3) is 3.58. The monoisotopic (exact) mass is 355 g/mol. The molecule has 4 nitrogen and oxygen atoms in total. The van der Waals surface area contributed by atoms with E-state index >= 15 is 0 Å². The molecule has 0 atom stereocenters. The van der Waals surface area contributed by atoms with Crippen LogP contribution < -0.4 is 4.90 Å². The Hall–Kier alpha value is -2.60. The van der Waals surface area contributed by atoms with Gasteiger partial charge in [-0.2, -0.15) is 0 Å². The maximum atomic E-state index is 13.1. The fraction of sp³-hybridized carbons (Fsp3) is 0.158. The van der Waals surface area contributed by atoms with E-state index in [0.29, 0.717) is 17.8 Å². The Balaban J connectivity index is 1.94. The minimum atomic E-state index is -0.320. The van der Waals surface area contributed by atoms with Gasteiger partial charge >= 0.3 is 0 Å². The first-order valence-electron chi connectivity index (χ1n) is 7.89. The lowest BCUT2D eigenvalue weighted by molar-refractivity contribution is 0.0988. The van der Waals surface area contributed by atoms with E-state index in [1.807, 2.05) is 42.1 Å². The summed E-state index contributed by atoms with van der Waals surface area (Å²) in [4.78, 5) is 18.9. The minimum Gasteiger partial charge on any atom is -0.309 e. The topological polar surface area (TPSA) is 38.1 Å². The summed E-state index contributed by atoms with van der Waals surface area (Å²) in [6.07, 6.45) is 5.56. The van der Waals surface area contributed by atoms with Crippen molar-refractivity contribution in [2.75, 3.05) is 17.7 Å². The van der Waals surface area contributed by atoms with Crippen LogP contribution in [0.4, 0.5) is 10.1 Å². The van der Waals surface area contributed by atoms with Crippen LogP contribution in [0.25, 0.3) is 5.69 Å². The number of thioether (sulfide) groups is 1. The first kappa shape index (κ1) is 17.2. The molecule has 3 aromatic rings. The number of anilines is 1. The number of benzene rings is 2. The maximum absolute atomic E-state index is 13.1. The molecule has 1 heterocycles. The Morgan fingerprint density at radius 2 is 2.00 bits per heavy atom. The second kappa shape index (κ2) is 7.53. The van der Waals surface area contributed by atoms with Crippen molar-refractivity contribution in [2.24, 2.45) is 0 Å². The molecule has 25 heavy (non-hydrogen) atoms. The van der Waals surface area contributed by atoms with Crippen LogP contribution in [-0.4, -0.2) is 28.3 Å². The zero-order chi connectivity index (χ0) is 17.8. The summed E-state index contributed by atoms with van der Waals surface area (Å²) in [7, 11) is 0. The highest BCUT2D eigenvalue weighted by Crippen LogP contribution is 2.22. The van der Waals surface area contributed by atoms with Gasteiger partial charge in [-0.25, -0.2) is 9.37 Å². The third-order valence-electron chi connectivity index (χ3n) is 3.86. The first-order chi connectivity index (χ1) is 12.1. The van der Waals surface area contributed by atoms with E-state index in [2.05, 4.69) is 4.98 Å². The SMILES string of the molecule is CCN(C(=O)c1cccc(-n2ccnc2SC)c1)c1ccc(F)cc1. The zero-order valence-corrected chi connectivity index (χ0v) is 14.8. The molecule has 1 aromatic heterocycles. The van der Waals surface area contributed by atoms with Crippen LogP contribution in [0.15, 0.2) is 66.1 Å². The number of halogens is 1. The van der Waals surface area contributed by atoms with Crippen molar-refractivity contribution in [3.05, 3.63) is 72.3 Å². The Kier molecular flexibility index (Phi) is 5.19. The molecule has 0 spiro atoms.